The number of carboxylic acids is 1. The van der Waals surface area contributed by atoms with Gasteiger partial charge in [0.15, 0.2) is 0 Å². The van der Waals surface area contributed by atoms with Crippen molar-refractivity contribution < 1.29 is 40.4 Å². The number of aliphatic carboxylic acids is 1. The third kappa shape index (κ3) is 29.0. The predicted octanol–water partition coefficient (Wildman–Crippen LogP) is 2.56. The van der Waals surface area contributed by atoms with Gasteiger partial charge < -0.3 is 35.6 Å². The summed E-state index contributed by atoms with van der Waals surface area (Å²) < 4.78 is 0. The van der Waals surface area contributed by atoms with Crippen LogP contribution in [0.15, 0.2) is 12.2 Å². The molecule has 0 aromatic rings. The van der Waals surface area contributed by atoms with Crippen LogP contribution in [-0.4, -0.2) is 75.7 Å². The molecule has 0 aliphatic rings. The van der Waals surface area contributed by atoms with Gasteiger partial charge in [0.1, 0.15) is 0 Å². The van der Waals surface area contributed by atoms with Gasteiger partial charge in [0.05, 0.1) is 31.8 Å². The maximum absolute atomic E-state index is 10.3. The Kier molecular flexibility index (Phi) is 33.4. The number of hydrogen-bond acceptors (Lipinski definition) is 7. The summed E-state index contributed by atoms with van der Waals surface area (Å²) in [7, 11) is 0. The number of carboxylic acid groups (broad SMARTS) is 1. The van der Waals surface area contributed by atoms with Gasteiger partial charge in [-0.15, -0.1) is 0 Å². The van der Waals surface area contributed by atoms with Crippen LogP contribution in [0.5, 0.6) is 0 Å². The first kappa shape index (κ1) is 35.6. The highest BCUT2D eigenvalue weighted by atomic mass is 16.4. The largest absolute Gasteiger partial charge is 0.482 e. The van der Waals surface area contributed by atoms with Crippen molar-refractivity contribution in [1.82, 2.24) is 0 Å². The van der Waals surface area contributed by atoms with Crippen LogP contribution in [0, 0.1) is 5.41 Å². The smallest absolute Gasteiger partial charge is 0.481 e. The van der Waals surface area contributed by atoms with E-state index >= 15 is 0 Å². The standard InChI is InChI=1S/C18H34O2.C5H12O4.BH2O2/c1-2-3-4-5-6-7-8-9-10-11-12-13-14-15-16-17-18(19)20;6-1-5(2-7,3-8)4-9;2-1-3/h9-10H,2-8,11-17H2,1H3,(H,19,20);6-9H,1-4H2;2-3H/b10-9-;;. The molecule has 0 heterocycles. The molecule has 1 radical (unpaired) electrons. The van der Waals surface area contributed by atoms with Crippen LogP contribution in [0.4, 0.5) is 0 Å². The third-order valence-corrected chi connectivity index (χ3v) is 4.99. The minimum absolute atomic E-state index is 0. The molecular formula is C23H48BO8. The Morgan fingerprint density at radius 1 is 0.688 bits per heavy atom. The second kappa shape index (κ2) is 30.0. The summed E-state index contributed by atoms with van der Waals surface area (Å²) in [6, 6.07) is 0. The summed E-state index contributed by atoms with van der Waals surface area (Å²) in [5.41, 5.74) is -1.11. The molecule has 0 saturated heterocycles. The zero-order valence-corrected chi connectivity index (χ0v) is 20.0. The van der Waals surface area contributed by atoms with Gasteiger partial charge >= 0.3 is 13.7 Å². The maximum atomic E-state index is 10.3. The minimum Gasteiger partial charge on any atom is -0.481 e. The molecule has 0 aromatic heterocycles. The van der Waals surface area contributed by atoms with Gasteiger partial charge in [0.2, 0.25) is 0 Å². The number of aliphatic hydroxyl groups is 4. The van der Waals surface area contributed by atoms with Crippen LogP contribution >= 0.6 is 0 Å². The van der Waals surface area contributed by atoms with E-state index in [1.165, 1.54) is 70.6 Å². The molecule has 0 bridgehead atoms. The average Bonchev–Trinajstić information content (AvgIpc) is 2.79. The van der Waals surface area contributed by atoms with Crippen molar-refractivity contribution in [3.63, 3.8) is 0 Å². The molecule has 8 nitrogen and oxygen atoms in total. The maximum Gasteiger partial charge on any atom is 0.482 e. The lowest BCUT2D eigenvalue weighted by atomic mass is 9.93. The molecule has 0 unspecified atom stereocenters. The highest BCUT2D eigenvalue weighted by Gasteiger charge is 2.26. The normalized spacial score (nSPS) is 10.8. The fourth-order valence-corrected chi connectivity index (χ4v) is 2.65. The van der Waals surface area contributed by atoms with E-state index < -0.39 is 37.8 Å². The molecule has 7 N–H and O–H groups in total. The molecule has 0 aliphatic carbocycles. The third-order valence-electron chi connectivity index (χ3n) is 4.99. The predicted molar refractivity (Wildman–Crippen MR) is 128 cm³/mol. The lowest BCUT2D eigenvalue weighted by Crippen LogP contribution is -2.37. The molecule has 0 rings (SSSR count). The van der Waals surface area contributed by atoms with Crippen LogP contribution in [-0.2, 0) is 4.79 Å². The van der Waals surface area contributed by atoms with Crippen LogP contribution in [0.25, 0.3) is 0 Å². The van der Waals surface area contributed by atoms with E-state index in [-0.39, 0.29) is 7.69 Å². The van der Waals surface area contributed by atoms with Gasteiger partial charge in [0.25, 0.3) is 0 Å². The van der Waals surface area contributed by atoms with Gasteiger partial charge in [-0.1, -0.05) is 70.4 Å². The molecule has 191 valence electrons. The molecule has 0 saturated carbocycles. The summed E-state index contributed by atoms with van der Waals surface area (Å²) in [5.74, 6) is -0.664. The Morgan fingerprint density at radius 3 is 1.34 bits per heavy atom. The SMILES string of the molecule is CCCCCCCC/C=C\CCCCCCCC(=O)O.OCC(CO)(CO)CO.O[B]O. The number of allylic oxidation sites excluding steroid dienone is 2. The Balaban J connectivity index is -0.000000580. The fraction of sp³-hybridized carbons (Fsp3) is 0.870. The Bertz CT molecular complexity index is 373. The summed E-state index contributed by atoms with van der Waals surface area (Å²) in [5, 5.41) is 56.5. The Hall–Kier alpha value is -0.965. The van der Waals surface area contributed by atoms with E-state index in [0.717, 1.165) is 12.8 Å². The molecule has 0 aromatic carbocycles. The van der Waals surface area contributed by atoms with Crippen molar-refractivity contribution in [2.45, 2.75) is 96.8 Å². The average molecular weight is 463 g/mol. The lowest BCUT2D eigenvalue weighted by molar-refractivity contribution is -0.137. The summed E-state index contributed by atoms with van der Waals surface area (Å²) >= 11 is 0. The van der Waals surface area contributed by atoms with Gasteiger partial charge in [-0.3, -0.25) is 4.79 Å². The molecule has 32 heavy (non-hydrogen) atoms. The van der Waals surface area contributed by atoms with Crippen LogP contribution in [0.1, 0.15) is 96.8 Å². The number of unbranched alkanes of at least 4 members (excludes halogenated alkanes) is 11. The van der Waals surface area contributed by atoms with Crippen molar-refractivity contribution in [1.29, 1.82) is 0 Å². The van der Waals surface area contributed by atoms with E-state index in [9.17, 15) is 4.79 Å². The number of hydrogen-bond donors (Lipinski definition) is 7. The second-order valence-corrected chi connectivity index (χ2v) is 7.98. The van der Waals surface area contributed by atoms with Crippen LogP contribution < -0.4 is 0 Å². The Morgan fingerprint density at radius 2 is 1.03 bits per heavy atom. The number of aliphatic hydroxyl groups excluding tert-OH is 4. The van der Waals surface area contributed by atoms with Gasteiger partial charge in [0, 0.05) is 6.42 Å². The highest BCUT2D eigenvalue weighted by molar-refractivity contribution is 6.13. The highest BCUT2D eigenvalue weighted by Crippen LogP contribution is 2.12. The number of rotatable bonds is 19. The first-order valence-corrected chi connectivity index (χ1v) is 11.8. The van der Waals surface area contributed by atoms with E-state index in [2.05, 4.69) is 19.1 Å². The van der Waals surface area contributed by atoms with Crippen molar-refractivity contribution in [3.05, 3.63) is 12.2 Å². The minimum atomic E-state index is -1.11. The van der Waals surface area contributed by atoms with E-state index in [1.807, 2.05) is 0 Å². The van der Waals surface area contributed by atoms with Crippen LogP contribution in [0.3, 0.4) is 0 Å². The van der Waals surface area contributed by atoms with Crippen molar-refractivity contribution in [2.75, 3.05) is 26.4 Å². The second-order valence-electron chi connectivity index (χ2n) is 7.98. The molecular weight excluding hydrogens is 415 g/mol. The fourth-order valence-electron chi connectivity index (χ4n) is 2.65. The number of carbonyl (C=O) groups is 1. The van der Waals surface area contributed by atoms with E-state index in [4.69, 9.17) is 35.6 Å². The Labute approximate surface area is 195 Å². The molecule has 0 atom stereocenters. The molecule has 0 fully saturated rings. The van der Waals surface area contributed by atoms with Gasteiger partial charge in [-0.25, -0.2) is 0 Å². The van der Waals surface area contributed by atoms with Crippen molar-refractivity contribution >= 4 is 13.7 Å². The summed E-state index contributed by atoms with van der Waals surface area (Å²) in [6.07, 6.45) is 21.2. The zero-order chi connectivity index (χ0) is 24.9. The molecule has 0 spiro atoms. The summed E-state index contributed by atoms with van der Waals surface area (Å²) in [6.45, 7) is 0.634. The van der Waals surface area contributed by atoms with Crippen molar-refractivity contribution in [2.24, 2.45) is 5.41 Å². The molecule has 0 amide bonds. The lowest BCUT2D eigenvalue weighted by Gasteiger charge is -2.23. The summed E-state index contributed by atoms with van der Waals surface area (Å²) in [4.78, 5) is 10.3. The molecule has 9 heteroatoms. The first-order chi connectivity index (χ1) is 15.4. The van der Waals surface area contributed by atoms with E-state index in [0.29, 0.717) is 6.42 Å². The first-order valence-electron chi connectivity index (χ1n) is 11.8. The van der Waals surface area contributed by atoms with Gasteiger partial charge in [-0.05, 0) is 32.1 Å². The van der Waals surface area contributed by atoms with E-state index in [1.54, 1.807) is 0 Å². The zero-order valence-electron chi connectivity index (χ0n) is 20.0. The topological polar surface area (TPSA) is 159 Å². The van der Waals surface area contributed by atoms with Crippen LogP contribution in [0.2, 0.25) is 0 Å². The quantitative estimate of drug-likeness (QED) is 0.0875. The molecule has 0 aliphatic heterocycles. The van der Waals surface area contributed by atoms with Crippen molar-refractivity contribution in [3.8, 4) is 0 Å². The van der Waals surface area contributed by atoms with Gasteiger partial charge in [-0.2, -0.15) is 0 Å². The monoisotopic (exact) mass is 463 g/mol.